The average Bonchev–Trinajstić information content (AvgIpc) is 2.27. The summed E-state index contributed by atoms with van der Waals surface area (Å²) in [5, 5.41) is 20.9. The highest BCUT2D eigenvalue weighted by Crippen LogP contribution is 2.30. The number of benzene rings is 1. The standard InChI is InChI=1S/C12H16N4O/c1-15(2)11-6-5-9(8-14-17)12(16(3)4)10(11)7-13/h5-6,8,17H,1-4H3/b14-8+. The van der Waals surface area contributed by atoms with E-state index in [0.29, 0.717) is 11.1 Å². The van der Waals surface area contributed by atoms with Crippen LogP contribution in [0.2, 0.25) is 0 Å². The lowest BCUT2D eigenvalue weighted by Gasteiger charge is -2.22. The largest absolute Gasteiger partial charge is 0.411 e. The van der Waals surface area contributed by atoms with Gasteiger partial charge in [0, 0.05) is 33.8 Å². The van der Waals surface area contributed by atoms with E-state index in [9.17, 15) is 5.26 Å². The van der Waals surface area contributed by atoms with Gasteiger partial charge in [-0.1, -0.05) is 5.16 Å². The van der Waals surface area contributed by atoms with Crippen LogP contribution in [0.1, 0.15) is 11.1 Å². The molecular weight excluding hydrogens is 216 g/mol. The molecule has 0 saturated heterocycles. The second kappa shape index (κ2) is 5.21. The minimum absolute atomic E-state index is 0.567. The highest BCUT2D eigenvalue weighted by Gasteiger charge is 2.15. The van der Waals surface area contributed by atoms with E-state index in [1.165, 1.54) is 6.21 Å². The molecule has 0 saturated carbocycles. The van der Waals surface area contributed by atoms with Crippen LogP contribution in [0, 0.1) is 11.3 Å². The summed E-state index contributed by atoms with van der Waals surface area (Å²) >= 11 is 0. The lowest BCUT2D eigenvalue weighted by Crippen LogP contribution is -2.17. The van der Waals surface area contributed by atoms with Gasteiger partial charge in [-0.15, -0.1) is 0 Å². The van der Waals surface area contributed by atoms with E-state index in [1.807, 2.05) is 50.1 Å². The van der Waals surface area contributed by atoms with E-state index in [0.717, 1.165) is 11.4 Å². The molecule has 0 radical (unpaired) electrons. The Kier molecular flexibility index (Phi) is 3.94. The molecule has 0 heterocycles. The molecule has 0 atom stereocenters. The van der Waals surface area contributed by atoms with Gasteiger partial charge in [-0.05, 0) is 12.1 Å². The van der Waals surface area contributed by atoms with Gasteiger partial charge in [0.25, 0.3) is 0 Å². The lowest BCUT2D eigenvalue weighted by molar-refractivity contribution is 0.322. The topological polar surface area (TPSA) is 62.9 Å². The van der Waals surface area contributed by atoms with E-state index in [4.69, 9.17) is 5.21 Å². The predicted octanol–water partition coefficient (Wildman–Crippen LogP) is 1.50. The number of hydrogen-bond donors (Lipinski definition) is 1. The number of rotatable bonds is 3. The van der Waals surface area contributed by atoms with Gasteiger partial charge in [0.05, 0.1) is 23.2 Å². The van der Waals surface area contributed by atoms with E-state index < -0.39 is 0 Å². The summed E-state index contributed by atoms with van der Waals surface area (Å²) < 4.78 is 0. The van der Waals surface area contributed by atoms with Gasteiger partial charge in [-0.3, -0.25) is 0 Å². The molecule has 1 aromatic rings. The van der Waals surface area contributed by atoms with Crippen LogP contribution in [0.3, 0.4) is 0 Å². The second-order valence-electron chi connectivity index (χ2n) is 4.04. The number of anilines is 2. The Bertz CT molecular complexity index is 472. The van der Waals surface area contributed by atoms with E-state index >= 15 is 0 Å². The van der Waals surface area contributed by atoms with Gasteiger partial charge in [-0.25, -0.2) is 0 Å². The van der Waals surface area contributed by atoms with Crippen molar-refractivity contribution in [1.29, 1.82) is 5.26 Å². The summed E-state index contributed by atoms with van der Waals surface area (Å²) in [4.78, 5) is 3.72. The van der Waals surface area contributed by atoms with Crippen molar-refractivity contribution in [3.63, 3.8) is 0 Å². The van der Waals surface area contributed by atoms with Gasteiger partial charge in [0.15, 0.2) is 0 Å². The third-order valence-corrected chi connectivity index (χ3v) is 2.42. The first kappa shape index (κ1) is 12.8. The molecule has 0 amide bonds. The Morgan fingerprint density at radius 2 is 1.88 bits per heavy atom. The summed E-state index contributed by atoms with van der Waals surface area (Å²) in [5.74, 6) is 0. The summed E-state index contributed by atoms with van der Waals surface area (Å²) in [5.41, 5.74) is 2.86. The summed E-state index contributed by atoms with van der Waals surface area (Å²) in [6.45, 7) is 0. The van der Waals surface area contributed by atoms with Crippen LogP contribution in [0.4, 0.5) is 11.4 Å². The summed E-state index contributed by atoms with van der Waals surface area (Å²) in [7, 11) is 7.47. The van der Waals surface area contributed by atoms with Crippen LogP contribution >= 0.6 is 0 Å². The first-order chi connectivity index (χ1) is 8.02. The number of hydrogen-bond acceptors (Lipinski definition) is 5. The molecule has 0 aliphatic heterocycles. The molecule has 0 aliphatic carbocycles. The zero-order chi connectivity index (χ0) is 13.0. The van der Waals surface area contributed by atoms with Crippen molar-refractivity contribution < 1.29 is 5.21 Å². The van der Waals surface area contributed by atoms with E-state index in [-0.39, 0.29) is 0 Å². The maximum atomic E-state index is 9.28. The average molecular weight is 232 g/mol. The molecule has 0 fully saturated rings. The third kappa shape index (κ3) is 2.48. The van der Waals surface area contributed by atoms with Crippen LogP contribution in [-0.4, -0.2) is 39.6 Å². The number of nitrogens with zero attached hydrogens (tertiary/aromatic N) is 4. The van der Waals surface area contributed by atoms with Crippen molar-refractivity contribution in [2.75, 3.05) is 38.0 Å². The molecule has 5 heteroatoms. The van der Waals surface area contributed by atoms with Crippen LogP contribution in [0.5, 0.6) is 0 Å². The number of oxime groups is 1. The zero-order valence-corrected chi connectivity index (χ0v) is 10.5. The third-order valence-electron chi connectivity index (χ3n) is 2.42. The molecule has 1 N–H and O–H groups in total. The van der Waals surface area contributed by atoms with Gasteiger partial charge in [0.2, 0.25) is 0 Å². The highest BCUT2D eigenvalue weighted by molar-refractivity contribution is 5.92. The smallest absolute Gasteiger partial charge is 0.104 e. The van der Waals surface area contributed by atoms with Crippen molar-refractivity contribution in [2.24, 2.45) is 5.16 Å². The molecular formula is C12H16N4O. The van der Waals surface area contributed by atoms with Gasteiger partial charge in [0.1, 0.15) is 6.07 Å². The summed E-state index contributed by atoms with van der Waals surface area (Å²) in [6.07, 6.45) is 1.33. The van der Waals surface area contributed by atoms with E-state index in [1.54, 1.807) is 0 Å². The van der Waals surface area contributed by atoms with Gasteiger partial charge in [-0.2, -0.15) is 5.26 Å². The first-order valence-electron chi connectivity index (χ1n) is 5.12. The van der Waals surface area contributed by atoms with Crippen LogP contribution in [0.25, 0.3) is 0 Å². The Balaban J connectivity index is 3.57. The number of nitriles is 1. The van der Waals surface area contributed by atoms with E-state index in [2.05, 4.69) is 11.2 Å². The first-order valence-corrected chi connectivity index (χ1v) is 5.12. The van der Waals surface area contributed by atoms with Crippen molar-refractivity contribution in [3.8, 4) is 6.07 Å². The molecule has 1 rings (SSSR count). The molecule has 90 valence electrons. The molecule has 0 unspecified atom stereocenters. The van der Waals surface area contributed by atoms with Crippen LogP contribution < -0.4 is 9.80 Å². The lowest BCUT2D eigenvalue weighted by atomic mass is 10.0. The maximum Gasteiger partial charge on any atom is 0.104 e. The SMILES string of the molecule is CN(C)c1ccc(/C=N/O)c(N(C)C)c1C#N. The molecule has 0 aromatic heterocycles. The van der Waals surface area contributed by atoms with Gasteiger partial charge >= 0.3 is 0 Å². The maximum absolute atomic E-state index is 9.28. The van der Waals surface area contributed by atoms with Crippen LogP contribution in [-0.2, 0) is 0 Å². The monoisotopic (exact) mass is 232 g/mol. The fourth-order valence-electron chi connectivity index (χ4n) is 1.73. The molecule has 17 heavy (non-hydrogen) atoms. The second-order valence-corrected chi connectivity index (χ2v) is 4.04. The molecule has 0 bridgehead atoms. The minimum atomic E-state index is 0.567. The molecule has 0 spiro atoms. The van der Waals surface area contributed by atoms with Crippen molar-refractivity contribution in [2.45, 2.75) is 0 Å². The normalized spacial score (nSPS) is 10.3. The Morgan fingerprint density at radius 3 is 2.29 bits per heavy atom. The molecule has 0 aliphatic rings. The Hall–Kier alpha value is -2.22. The highest BCUT2D eigenvalue weighted by atomic mass is 16.4. The molecule has 5 nitrogen and oxygen atoms in total. The summed E-state index contributed by atoms with van der Waals surface area (Å²) in [6, 6.07) is 5.86. The van der Waals surface area contributed by atoms with Crippen LogP contribution in [0.15, 0.2) is 17.3 Å². The minimum Gasteiger partial charge on any atom is -0.411 e. The molecule has 1 aromatic carbocycles. The quantitative estimate of drug-likeness (QED) is 0.487. The zero-order valence-electron chi connectivity index (χ0n) is 10.5. The van der Waals surface area contributed by atoms with Crippen molar-refractivity contribution in [1.82, 2.24) is 0 Å². The van der Waals surface area contributed by atoms with Crippen molar-refractivity contribution in [3.05, 3.63) is 23.3 Å². The fourth-order valence-corrected chi connectivity index (χ4v) is 1.73. The fraction of sp³-hybridized carbons (Fsp3) is 0.333. The van der Waals surface area contributed by atoms with Crippen molar-refractivity contribution >= 4 is 17.6 Å². The Morgan fingerprint density at radius 1 is 1.24 bits per heavy atom. The predicted molar refractivity (Wildman–Crippen MR) is 69.2 cm³/mol. The van der Waals surface area contributed by atoms with Gasteiger partial charge < -0.3 is 15.0 Å². The Labute approximate surface area is 101 Å².